The van der Waals surface area contributed by atoms with Gasteiger partial charge in [0.15, 0.2) is 0 Å². The zero-order valence-electron chi connectivity index (χ0n) is 11.2. The number of fused-ring (bicyclic) bond motifs is 2. The van der Waals surface area contributed by atoms with Gasteiger partial charge in [0.25, 0.3) is 0 Å². The molecule has 1 atom stereocenters. The van der Waals surface area contributed by atoms with Crippen LogP contribution in [0.25, 0.3) is 20.3 Å². The van der Waals surface area contributed by atoms with E-state index in [2.05, 4.69) is 28.6 Å². The van der Waals surface area contributed by atoms with Gasteiger partial charge in [0.1, 0.15) is 0 Å². The van der Waals surface area contributed by atoms with E-state index in [0.29, 0.717) is 6.42 Å². The van der Waals surface area contributed by atoms with E-state index in [1.807, 2.05) is 30.5 Å². The average molecular weight is 311 g/mol. The Hall–Kier alpha value is -1.75. The van der Waals surface area contributed by atoms with E-state index >= 15 is 0 Å². The number of aliphatic hydroxyl groups is 1. The maximum Gasteiger partial charge on any atom is 0.0923 e. The van der Waals surface area contributed by atoms with Gasteiger partial charge in [0.2, 0.25) is 0 Å². The van der Waals surface area contributed by atoms with Crippen molar-refractivity contribution in [1.29, 1.82) is 0 Å². The summed E-state index contributed by atoms with van der Waals surface area (Å²) in [5.41, 5.74) is 2.12. The van der Waals surface area contributed by atoms with Crippen LogP contribution in [0.3, 0.4) is 0 Å². The highest BCUT2D eigenvalue weighted by atomic mass is 32.1. The third kappa shape index (κ3) is 2.35. The molecule has 0 radical (unpaired) electrons. The molecule has 0 aliphatic carbocycles. The number of thiophene rings is 2. The van der Waals surface area contributed by atoms with Gasteiger partial charge < -0.3 is 5.11 Å². The van der Waals surface area contributed by atoms with E-state index in [1.165, 1.54) is 9.40 Å². The van der Waals surface area contributed by atoms with Gasteiger partial charge in [-0.2, -0.15) is 0 Å². The maximum absolute atomic E-state index is 10.5. The molecular formula is C17H13NOS2. The van der Waals surface area contributed by atoms with E-state index in [4.69, 9.17) is 0 Å². The Morgan fingerprint density at radius 3 is 2.90 bits per heavy atom. The minimum Gasteiger partial charge on any atom is -0.387 e. The number of nitrogens with zero attached hydrogens (tertiary/aromatic N) is 1. The van der Waals surface area contributed by atoms with Crippen molar-refractivity contribution in [2.24, 2.45) is 0 Å². The van der Waals surface area contributed by atoms with E-state index in [0.717, 1.165) is 21.3 Å². The summed E-state index contributed by atoms with van der Waals surface area (Å²) >= 11 is 3.41. The number of para-hydroxylation sites is 1. The first-order valence-electron chi connectivity index (χ1n) is 6.79. The monoisotopic (exact) mass is 311 g/mol. The Kier molecular flexibility index (Phi) is 3.22. The highest BCUT2D eigenvalue weighted by molar-refractivity contribution is 7.26. The molecule has 0 bridgehead atoms. The van der Waals surface area contributed by atoms with Crippen molar-refractivity contribution in [2.75, 3.05) is 0 Å². The van der Waals surface area contributed by atoms with Crippen LogP contribution in [0.15, 0.2) is 54.0 Å². The van der Waals surface area contributed by atoms with Crippen molar-refractivity contribution < 1.29 is 5.11 Å². The molecule has 3 heterocycles. The predicted octanol–water partition coefficient (Wildman–Crippen LogP) is 4.79. The minimum atomic E-state index is -0.458. The van der Waals surface area contributed by atoms with Crippen LogP contribution in [0.5, 0.6) is 0 Å². The highest BCUT2D eigenvalue weighted by Crippen LogP contribution is 2.35. The Morgan fingerprint density at radius 1 is 1.10 bits per heavy atom. The highest BCUT2D eigenvalue weighted by Gasteiger charge is 2.14. The van der Waals surface area contributed by atoms with E-state index < -0.39 is 6.10 Å². The largest absolute Gasteiger partial charge is 0.387 e. The smallest absolute Gasteiger partial charge is 0.0923 e. The number of hydrogen-bond acceptors (Lipinski definition) is 4. The van der Waals surface area contributed by atoms with Crippen LogP contribution in [0, 0.1) is 0 Å². The second-order valence-corrected chi connectivity index (χ2v) is 7.07. The minimum absolute atomic E-state index is 0.458. The quantitative estimate of drug-likeness (QED) is 0.590. The van der Waals surface area contributed by atoms with E-state index in [1.54, 1.807) is 22.7 Å². The van der Waals surface area contributed by atoms with Crippen molar-refractivity contribution in [2.45, 2.75) is 12.5 Å². The Labute approximate surface area is 130 Å². The molecule has 0 aliphatic heterocycles. The predicted molar refractivity (Wildman–Crippen MR) is 90.1 cm³/mol. The van der Waals surface area contributed by atoms with Crippen LogP contribution < -0.4 is 0 Å². The average Bonchev–Trinajstić information content (AvgIpc) is 3.09. The van der Waals surface area contributed by atoms with Gasteiger partial charge in [-0.25, -0.2) is 0 Å². The lowest BCUT2D eigenvalue weighted by molar-refractivity contribution is 0.183. The van der Waals surface area contributed by atoms with Crippen LogP contribution in [0.2, 0.25) is 0 Å². The second-order valence-electron chi connectivity index (χ2n) is 5.01. The summed E-state index contributed by atoms with van der Waals surface area (Å²) in [5, 5.41) is 13.8. The third-order valence-corrected chi connectivity index (χ3v) is 5.83. The lowest BCUT2D eigenvalue weighted by Crippen LogP contribution is -2.00. The van der Waals surface area contributed by atoms with Gasteiger partial charge in [-0.05, 0) is 35.2 Å². The van der Waals surface area contributed by atoms with Crippen molar-refractivity contribution in [3.8, 4) is 0 Å². The maximum atomic E-state index is 10.5. The summed E-state index contributed by atoms with van der Waals surface area (Å²) in [6.45, 7) is 0. The molecule has 3 aromatic heterocycles. The summed E-state index contributed by atoms with van der Waals surface area (Å²) in [7, 11) is 0. The number of benzene rings is 1. The lowest BCUT2D eigenvalue weighted by atomic mass is 10.0. The Bertz CT molecular complexity index is 875. The molecule has 4 aromatic rings. The number of hydrogen-bond donors (Lipinski definition) is 1. The first-order valence-corrected chi connectivity index (χ1v) is 8.48. The second kappa shape index (κ2) is 5.22. The molecule has 21 heavy (non-hydrogen) atoms. The summed E-state index contributed by atoms with van der Waals surface area (Å²) in [5.74, 6) is 0. The van der Waals surface area contributed by atoms with E-state index in [-0.39, 0.29) is 0 Å². The topological polar surface area (TPSA) is 33.1 Å². The molecule has 1 N–H and O–H groups in total. The van der Waals surface area contributed by atoms with E-state index in [9.17, 15) is 5.11 Å². The fraction of sp³-hybridized carbons (Fsp3) is 0.118. The first kappa shape index (κ1) is 13.0. The molecule has 1 aromatic carbocycles. The molecular weight excluding hydrogens is 298 g/mol. The third-order valence-electron chi connectivity index (χ3n) is 3.64. The van der Waals surface area contributed by atoms with Crippen molar-refractivity contribution in [3.05, 3.63) is 64.5 Å². The number of aliphatic hydroxyl groups excluding tert-OH is 1. The number of pyridine rings is 1. The van der Waals surface area contributed by atoms with Gasteiger partial charge in [-0.15, -0.1) is 22.7 Å². The summed E-state index contributed by atoms with van der Waals surface area (Å²) < 4.78 is 2.52. The van der Waals surface area contributed by atoms with Crippen LogP contribution in [0.1, 0.15) is 16.5 Å². The first-order chi connectivity index (χ1) is 10.3. The molecule has 0 aliphatic rings. The van der Waals surface area contributed by atoms with Crippen LogP contribution in [0.4, 0.5) is 0 Å². The summed E-state index contributed by atoms with van der Waals surface area (Å²) in [4.78, 5) is 5.41. The van der Waals surface area contributed by atoms with Crippen LogP contribution >= 0.6 is 22.7 Å². The molecule has 104 valence electrons. The summed E-state index contributed by atoms with van der Waals surface area (Å²) in [6, 6.07) is 14.3. The fourth-order valence-corrected chi connectivity index (χ4v) is 4.70. The molecule has 0 amide bonds. The summed E-state index contributed by atoms with van der Waals surface area (Å²) in [6.07, 6.45) is 1.98. The zero-order valence-corrected chi connectivity index (χ0v) is 12.8. The standard InChI is InChI=1S/C17H13NOS2/c19-14(16-10-17-15(21-16)6-8-20-17)9-11-5-7-18-13-4-2-1-3-12(11)13/h1-8,10,14,19H,9H2. The molecule has 2 nitrogen and oxygen atoms in total. The van der Waals surface area contributed by atoms with Gasteiger partial charge in [-0.1, -0.05) is 18.2 Å². The molecule has 0 saturated heterocycles. The SMILES string of the molecule is OC(Cc1ccnc2ccccc12)c1cc2sccc2s1. The van der Waals surface area contributed by atoms with Gasteiger partial charge in [0, 0.05) is 32.3 Å². The number of rotatable bonds is 3. The van der Waals surface area contributed by atoms with Gasteiger partial charge in [-0.3, -0.25) is 4.98 Å². The number of aromatic nitrogens is 1. The molecule has 0 saturated carbocycles. The van der Waals surface area contributed by atoms with Crippen molar-refractivity contribution >= 4 is 43.0 Å². The van der Waals surface area contributed by atoms with Crippen molar-refractivity contribution in [1.82, 2.24) is 4.98 Å². The van der Waals surface area contributed by atoms with Gasteiger partial charge >= 0.3 is 0 Å². The molecule has 0 fully saturated rings. The molecule has 4 rings (SSSR count). The normalized spacial score (nSPS) is 13.0. The van der Waals surface area contributed by atoms with Crippen molar-refractivity contribution in [3.63, 3.8) is 0 Å². The Morgan fingerprint density at radius 2 is 2.00 bits per heavy atom. The lowest BCUT2D eigenvalue weighted by Gasteiger charge is -2.10. The van der Waals surface area contributed by atoms with Crippen LogP contribution in [-0.2, 0) is 6.42 Å². The molecule has 4 heteroatoms. The Balaban J connectivity index is 1.69. The van der Waals surface area contributed by atoms with Crippen LogP contribution in [-0.4, -0.2) is 10.1 Å². The van der Waals surface area contributed by atoms with Gasteiger partial charge in [0.05, 0.1) is 11.6 Å². The fourth-order valence-electron chi connectivity index (χ4n) is 2.59. The zero-order chi connectivity index (χ0) is 14.2. The molecule has 1 unspecified atom stereocenters. The molecule has 0 spiro atoms.